The average molecular weight is 286 g/mol. The number of rotatable bonds is 3. The van der Waals surface area contributed by atoms with Gasteiger partial charge in [-0.2, -0.15) is 10.1 Å². The number of aromatic amines is 1. The second-order valence-corrected chi connectivity index (χ2v) is 4.82. The van der Waals surface area contributed by atoms with E-state index in [1.54, 1.807) is 18.5 Å². The molecule has 9 nitrogen and oxygen atoms in total. The summed E-state index contributed by atoms with van der Waals surface area (Å²) in [5, 5.41) is 13.8. The summed E-state index contributed by atoms with van der Waals surface area (Å²) in [6.07, 6.45) is 3.28. The van der Waals surface area contributed by atoms with Crippen molar-refractivity contribution in [1.29, 1.82) is 0 Å². The van der Waals surface area contributed by atoms with Gasteiger partial charge >= 0.3 is 0 Å². The molecule has 0 aliphatic rings. The highest BCUT2D eigenvalue weighted by Gasteiger charge is 2.13. The Hall–Kier alpha value is -2.97. The molecular weight excluding hydrogens is 272 g/mol. The van der Waals surface area contributed by atoms with E-state index in [9.17, 15) is 4.79 Å². The van der Waals surface area contributed by atoms with Crippen LogP contribution in [0, 0.1) is 0 Å². The molecule has 0 saturated carbocycles. The fourth-order valence-electron chi connectivity index (χ4n) is 1.95. The summed E-state index contributed by atoms with van der Waals surface area (Å²) in [4.78, 5) is 20.0. The topological polar surface area (TPSA) is 127 Å². The third-order valence-corrected chi connectivity index (χ3v) is 2.90. The Morgan fingerprint density at radius 1 is 1.43 bits per heavy atom. The molecule has 3 aromatic rings. The van der Waals surface area contributed by atoms with E-state index in [0.717, 1.165) is 11.0 Å². The molecule has 0 bridgehead atoms. The Morgan fingerprint density at radius 2 is 2.24 bits per heavy atom. The van der Waals surface area contributed by atoms with Gasteiger partial charge in [0.25, 0.3) is 5.91 Å². The zero-order valence-electron chi connectivity index (χ0n) is 11.5. The van der Waals surface area contributed by atoms with Gasteiger partial charge in [0.05, 0.1) is 18.1 Å². The third kappa shape index (κ3) is 2.40. The first-order valence-corrected chi connectivity index (χ1v) is 6.37. The number of hydrogen-bond donors (Lipinski definition) is 3. The van der Waals surface area contributed by atoms with Crippen molar-refractivity contribution in [3.8, 4) is 0 Å². The minimum Gasteiger partial charge on any atom is -0.366 e. The van der Waals surface area contributed by atoms with Gasteiger partial charge in [-0.1, -0.05) is 0 Å². The number of nitrogens with one attached hydrogen (secondary N) is 2. The van der Waals surface area contributed by atoms with Crippen molar-refractivity contribution in [3.63, 3.8) is 0 Å². The molecule has 0 spiro atoms. The van der Waals surface area contributed by atoms with E-state index in [2.05, 4.69) is 30.6 Å². The second kappa shape index (κ2) is 4.85. The number of nitrogens with zero attached hydrogens (tertiary/aromatic N) is 5. The first-order chi connectivity index (χ1) is 10.0. The highest BCUT2D eigenvalue weighted by atomic mass is 16.2. The summed E-state index contributed by atoms with van der Waals surface area (Å²) < 4.78 is 1.82. The fourth-order valence-corrected chi connectivity index (χ4v) is 1.95. The van der Waals surface area contributed by atoms with Crippen molar-refractivity contribution >= 4 is 28.6 Å². The summed E-state index contributed by atoms with van der Waals surface area (Å²) >= 11 is 0. The number of anilines is 2. The summed E-state index contributed by atoms with van der Waals surface area (Å²) in [7, 11) is 0. The lowest BCUT2D eigenvalue weighted by Gasteiger charge is -2.07. The zero-order chi connectivity index (χ0) is 15.0. The molecule has 21 heavy (non-hydrogen) atoms. The molecule has 0 atom stereocenters. The van der Waals surface area contributed by atoms with Crippen LogP contribution in [0.4, 0.5) is 11.6 Å². The largest absolute Gasteiger partial charge is 0.366 e. The van der Waals surface area contributed by atoms with E-state index in [0.29, 0.717) is 5.69 Å². The predicted octanol–water partition coefficient (Wildman–Crippen LogP) is 0.965. The minimum absolute atomic E-state index is 0.0203. The molecule has 3 rings (SSSR count). The van der Waals surface area contributed by atoms with E-state index < -0.39 is 5.91 Å². The first-order valence-electron chi connectivity index (χ1n) is 6.37. The van der Waals surface area contributed by atoms with Gasteiger partial charge < -0.3 is 11.1 Å². The van der Waals surface area contributed by atoms with Crippen LogP contribution < -0.4 is 11.1 Å². The Kier molecular flexibility index (Phi) is 3.01. The fraction of sp³-hybridized carbons (Fsp3) is 0.250. The Morgan fingerprint density at radius 3 is 2.90 bits per heavy atom. The maximum atomic E-state index is 11.9. The molecule has 0 saturated heterocycles. The van der Waals surface area contributed by atoms with Crippen LogP contribution in [0.2, 0.25) is 0 Å². The number of aromatic nitrogens is 6. The molecule has 0 fully saturated rings. The predicted molar refractivity (Wildman–Crippen MR) is 76.7 cm³/mol. The van der Waals surface area contributed by atoms with Crippen LogP contribution in [0.15, 0.2) is 18.5 Å². The molecule has 9 heteroatoms. The summed E-state index contributed by atoms with van der Waals surface area (Å²) in [5.74, 6) is -0.367. The van der Waals surface area contributed by atoms with Crippen molar-refractivity contribution in [2.45, 2.75) is 19.9 Å². The summed E-state index contributed by atoms with van der Waals surface area (Å²) in [6, 6.07) is 2.01. The Balaban J connectivity index is 1.86. The van der Waals surface area contributed by atoms with Crippen LogP contribution in [-0.2, 0) is 0 Å². The van der Waals surface area contributed by atoms with Crippen LogP contribution in [0.5, 0.6) is 0 Å². The van der Waals surface area contributed by atoms with Crippen molar-refractivity contribution in [3.05, 3.63) is 24.3 Å². The van der Waals surface area contributed by atoms with Gasteiger partial charge in [0.15, 0.2) is 5.65 Å². The number of nitrogens with two attached hydrogens (primary N) is 1. The molecule has 0 aromatic carbocycles. The molecule has 0 aliphatic heterocycles. The highest BCUT2D eigenvalue weighted by molar-refractivity contribution is 6.02. The molecule has 0 radical (unpaired) electrons. The SMILES string of the molecule is CC(C)n1ncc2cc(NC(=O)c3nc(N)n[nH]3)cnc21. The van der Waals surface area contributed by atoms with Crippen molar-refractivity contribution in [1.82, 2.24) is 29.9 Å². The zero-order valence-corrected chi connectivity index (χ0v) is 11.5. The van der Waals surface area contributed by atoms with Crippen molar-refractivity contribution in [2.75, 3.05) is 11.1 Å². The standard InChI is InChI=1S/C12H14N8O/c1-6(2)20-10-7(4-15-20)3-8(5-14-10)16-11(21)9-17-12(13)19-18-9/h3-6H,1-2H3,(H,16,21)(H3,13,17,18,19). The van der Waals surface area contributed by atoms with E-state index in [4.69, 9.17) is 5.73 Å². The first kappa shape index (κ1) is 13.0. The van der Waals surface area contributed by atoms with Crippen LogP contribution in [0.1, 0.15) is 30.5 Å². The molecule has 3 heterocycles. The van der Waals surface area contributed by atoms with Gasteiger partial charge in [0.1, 0.15) is 0 Å². The lowest BCUT2D eigenvalue weighted by Crippen LogP contribution is -2.14. The quantitative estimate of drug-likeness (QED) is 0.658. The van der Waals surface area contributed by atoms with Gasteiger partial charge in [0, 0.05) is 11.4 Å². The van der Waals surface area contributed by atoms with Crippen molar-refractivity contribution < 1.29 is 4.79 Å². The molecule has 3 aromatic heterocycles. The van der Waals surface area contributed by atoms with Crippen LogP contribution >= 0.6 is 0 Å². The number of carbonyl (C=O) groups is 1. The number of amides is 1. The number of carbonyl (C=O) groups excluding carboxylic acids is 1. The molecule has 4 N–H and O–H groups in total. The normalized spacial score (nSPS) is 11.2. The maximum Gasteiger partial charge on any atom is 0.293 e. The molecule has 1 amide bonds. The van der Waals surface area contributed by atoms with Gasteiger partial charge in [-0.05, 0) is 19.9 Å². The van der Waals surface area contributed by atoms with Gasteiger partial charge in [-0.3, -0.25) is 9.89 Å². The Bertz CT molecular complexity index is 803. The summed E-state index contributed by atoms with van der Waals surface area (Å²) in [5.41, 5.74) is 6.68. The maximum absolute atomic E-state index is 11.9. The Labute approximate surface area is 119 Å². The number of H-pyrrole nitrogens is 1. The third-order valence-electron chi connectivity index (χ3n) is 2.90. The smallest absolute Gasteiger partial charge is 0.293 e. The lowest BCUT2D eigenvalue weighted by molar-refractivity contribution is 0.101. The van der Waals surface area contributed by atoms with E-state index in [1.165, 1.54) is 0 Å². The van der Waals surface area contributed by atoms with E-state index >= 15 is 0 Å². The van der Waals surface area contributed by atoms with Gasteiger partial charge in [-0.15, -0.1) is 5.10 Å². The summed E-state index contributed by atoms with van der Waals surface area (Å²) in [6.45, 7) is 4.05. The number of fused-ring (bicyclic) bond motifs is 1. The van der Waals surface area contributed by atoms with E-state index in [-0.39, 0.29) is 17.8 Å². The molecule has 108 valence electrons. The second-order valence-electron chi connectivity index (χ2n) is 4.82. The molecule has 0 unspecified atom stereocenters. The number of pyridine rings is 1. The van der Waals surface area contributed by atoms with Gasteiger partial charge in [0.2, 0.25) is 11.8 Å². The lowest BCUT2D eigenvalue weighted by atomic mass is 10.3. The van der Waals surface area contributed by atoms with Crippen LogP contribution in [0.25, 0.3) is 11.0 Å². The van der Waals surface area contributed by atoms with Crippen LogP contribution in [-0.4, -0.2) is 35.9 Å². The highest BCUT2D eigenvalue weighted by Crippen LogP contribution is 2.19. The molecular formula is C12H14N8O. The monoisotopic (exact) mass is 286 g/mol. The minimum atomic E-state index is -0.434. The van der Waals surface area contributed by atoms with Crippen LogP contribution in [0.3, 0.4) is 0 Å². The number of nitrogen functional groups attached to an aromatic ring is 1. The van der Waals surface area contributed by atoms with E-state index in [1.807, 2.05) is 18.5 Å². The number of hydrogen-bond acceptors (Lipinski definition) is 6. The van der Waals surface area contributed by atoms with Crippen molar-refractivity contribution in [2.24, 2.45) is 0 Å². The molecule has 0 aliphatic carbocycles. The average Bonchev–Trinajstić information content (AvgIpc) is 3.04. The van der Waals surface area contributed by atoms with Gasteiger partial charge in [-0.25, -0.2) is 9.67 Å².